The molecule has 4 nitrogen and oxygen atoms in total. The van der Waals surface area contributed by atoms with Gasteiger partial charge in [0.25, 0.3) is 0 Å². The molecule has 0 saturated carbocycles. The van der Waals surface area contributed by atoms with Gasteiger partial charge in [0.2, 0.25) is 0 Å². The lowest BCUT2D eigenvalue weighted by molar-refractivity contribution is 0.477. The highest BCUT2D eigenvalue weighted by Crippen LogP contribution is 2.56. The van der Waals surface area contributed by atoms with Crippen LogP contribution in [-0.2, 0) is 21.7 Å². The summed E-state index contributed by atoms with van der Waals surface area (Å²) in [7, 11) is 0. The van der Waals surface area contributed by atoms with Crippen molar-refractivity contribution in [1.29, 1.82) is 0 Å². The highest BCUT2D eigenvalue weighted by Gasteiger charge is 2.47. The van der Waals surface area contributed by atoms with Crippen LogP contribution in [0.3, 0.4) is 0 Å². The second-order valence-corrected chi connectivity index (χ2v) is 19.8. The summed E-state index contributed by atoms with van der Waals surface area (Å²) in [6.45, 7) is 16.8. The van der Waals surface area contributed by atoms with E-state index in [1.165, 1.54) is 55.8 Å². The highest BCUT2D eigenvalue weighted by molar-refractivity contribution is 5.86. The van der Waals surface area contributed by atoms with Gasteiger partial charge in [-0.05, 0) is 110 Å². The van der Waals surface area contributed by atoms with Gasteiger partial charge in [-0.1, -0.05) is 182 Å². The first-order chi connectivity index (χ1) is 31.3. The van der Waals surface area contributed by atoms with Crippen LogP contribution in [0.1, 0.15) is 98.7 Å². The minimum absolute atomic E-state index is 0.116. The fourth-order valence-corrected chi connectivity index (χ4v) is 10.0. The smallest absolute Gasteiger partial charge is 0.129 e. The van der Waals surface area contributed by atoms with Gasteiger partial charge in [0.1, 0.15) is 11.5 Å². The van der Waals surface area contributed by atoms with Crippen LogP contribution in [0, 0.1) is 0 Å². The quantitative estimate of drug-likeness (QED) is 0.137. The summed E-state index contributed by atoms with van der Waals surface area (Å²) in [6, 6.07) is 68.1. The van der Waals surface area contributed by atoms with Crippen molar-refractivity contribution in [3.05, 3.63) is 257 Å². The van der Waals surface area contributed by atoms with Crippen molar-refractivity contribution in [2.75, 3.05) is 16.5 Å². The molecule has 0 bridgehead atoms. The lowest BCUT2D eigenvalue weighted by atomic mass is 9.70. The lowest BCUT2D eigenvalue weighted by Crippen LogP contribution is -2.29. The van der Waals surface area contributed by atoms with Crippen LogP contribution >= 0.6 is 0 Å². The largest absolute Gasteiger partial charge is 0.457 e. The molecule has 1 aliphatic heterocycles. The molecule has 4 heteroatoms. The van der Waals surface area contributed by atoms with Crippen molar-refractivity contribution >= 4 is 11.4 Å². The maximum absolute atomic E-state index is 6.99. The molecule has 0 radical (unpaired) electrons. The Labute approximate surface area is 385 Å². The topological polar surface area (TPSA) is 28.6 Å². The van der Waals surface area contributed by atoms with E-state index < -0.39 is 5.41 Å². The standard InChI is InChI=1S/C61H57N3O/c1-58(2,3)46-36-50(64-34-33-63(42-64)49-37-47(59(4,5)43-21-10-8-11-22-43)35-48(38-49)60(6,7)44-23-12-9-13-24-44)41-52(40-46)65-51-26-20-25-45(39-51)61(57-31-18-19-32-62-57)55-29-16-14-27-53(55)54-28-15-17-30-56(54)61/h8-41H,42H2,1-7H3. The summed E-state index contributed by atoms with van der Waals surface area (Å²) in [4.78, 5) is 9.75. The Bertz CT molecular complexity index is 2920. The Morgan fingerprint density at radius 3 is 1.52 bits per heavy atom. The second-order valence-electron chi connectivity index (χ2n) is 19.8. The maximum atomic E-state index is 6.99. The summed E-state index contributed by atoms with van der Waals surface area (Å²) >= 11 is 0. The van der Waals surface area contributed by atoms with Crippen molar-refractivity contribution < 1.29 is 4.74 Å². The molecule has 0 spiro atoms. The van der Waals surface area contributed by atoms with Crippen LogP contribution < -0.4 is 14.5 Å². The first-order valence-corrected chi connectivity index (χ1v) is 22.9. The maximum Gasteiger partial charge on any atom is 0.129 e. The number of fused-ring (bicyclic) bond motifs is 3. The van der Waals surface area contributed by atoms with Gasteiger partial charge < -0.3 is 14.5 Å². The summed E-state index contributed by atoms with van der Waals surface area (Å²) in [5.41, 5.74) is 14.5. The zero-order valence-corrected chi connectivity index (χ0v) is 38.6. The van der Waals surface area contributed by atoms with Crippen molar-refractivity contribution in [3.8, 4) is 22.6 Å². The molecule has 7 aromatic carbocycles. The van der Waals surface area contributed by atoms with Gasteiger partial charge in [0.15, 0.2) is 0 Å². The molecule has 322 valence electrons. The van der Waals surface area contributed by atoms with E-state index in [1.54, 1.807) is 0 Å². The highest BCUT2D eigenvalue weighted by atomic mass is 16.5. The number of aromatic nitrogens is 1. The molecule has 8 aromatic rings. The van der Waals surface area contributed by atoms with E-state index in [-0.39, 0.29) is 16.2 Å². The number of hydrogen-bond acceptors (Lipinski definition) is 4. The van der Waals surface area contributed by atoms with Crippen LogP contribution in [-0.4, -0.2) is 11.7 Å². The van der Waals surface area contributed by atoms with Crippen LogP contribution in [0.2, 0.25) is 0 Å². The average Bonchev–Trinajstić information content (AvgIpc) is 3.95. The molecule has 2 heterocycles. The zero-order valence-electron chi connectivity index (χ0n) is 38.6. The molecule has 65 heavy (non-hydrogen) atoms. The molecule has 1 aliphatic carbocycles. The van der Waals surface area contributed by atoms with Crippen LogP contribution in [0.15, 0.2) is 207 Å². The Morgan fingerprint density at radius 1 is 0.446 bits per heavy atom. The predicted octanol–water partition coefficient (Wildman–Crippen LogP) is 14.9. The van der Waals surface area contributed by atoms with Gasteiger partial charge >= 0.3 is 0 Å². The van der Waals surface area contributed by atoms with Crippen LogP contribution in [0.25, 0.3) is 11.1 Å². The molecule has 10 rings (SSSR count). The van der Waals surface area contributed by atoms with Crippen molar-refractivity contribution in [1.82, 2.24) is 4.98 Å². The van der Waals surface area contributed by atoms with E-state index in [9.17, 15) is 0 Å². The van der Waals surface area contributed by atoms with Crippen molar-refractivity contribution in [2.24, 2.45) is 0 Å². The summed E-state index contributed by atoms with van der Waals surface area (Å²) in [6.07, 6.45) is 6.33. The van der Waals surface area contributed by atoms with E-state index in [0.717, 1.165) is 28.4 Å². The van der Waals surface area contributed by atoms with E-state index in [4.69, 9.17) is 9.72 Å². The van der Waals surface area contributed by atoms with Crippen molar-refractivity contribution in [2.45, 2.75) is 70.1 Å². The molecular formula is C61H57N3O. The molecule has 0 unspecified atom stereocenters. The van der Waals surface area contributed by atoms with Gasteiger partial charge in [-0.2, -0.15) is 0 Å². The third-order valence-electron chi connectivity index (χ3n) is 14.0. The molecule has 2 aliphatic rings. The van der Waals surface area contributed by atoms with Gasteiger partial charge in [-0.25, -0.2) is 0 Å². The number of nitrogens with zero attached hydrogens (tertiary/aromatic N) is 3. The minimum atomic E-state index is -0.611. The number of rotatable bonds is 10. The van der Waals surface area contributed by atoms with E-state index in [0.29, 0.717) is 6.67 Å². The van der Waals surface area contributed by atoms with Gasteiger partial charge in [-0.15, -0.1) is 0 Å². The third-order valence-corrected chi connectivity index (χ3v) is 14.0. The molecule has 0 fully saturated rings. The molecule has 0 saturated heterocycles. The number of anilines is 2. The monoisotopic (exact) mass is 847 g/mol. The number of pyridine rings is 1. The molecule has 0 atom stereocenters. The Balaban J connectivity index is 1.01. The number of benzene rings is 7. The Morgan fingerprint density at radius 2 is 0.969 bits per heavy atom. The Hall–Kier alpha value is -7.17. The predicted molar refractivity (Wildman–Crippen MR) is 269 cm³/mol. The van der Waals surface area contributed by atoms with E-state index in [2.05, 4.69) is 253 Å². The van der Waals surface area contributed by atoms with E-state index in [1.807, 2.05) is 12.3 Å². The number of hydrogen-bond donors (Lipinski definition) is 0. The third kappa shape index (κ3) is 7.41. The fraction of sp³-hybridized carbons (Fsp3) is 0.197. The molecular weight excluding hydrogens is 791 g/mol. The SMILES string of the molecule is CC(C)(C)c1cc(Oc2cccc(C3(c4ccccn4)c4ccccc4-c4ccccc43)c2)cc(N2C=CN(c3cc(C(C)(C)c4ccccc4)cc(C(C)(C)c4ccccc4)c3)C2)c1. The van der Waals surface area contributed by atoms with Crippen LogP contribution in [0.4, 0.5) is 11.4 Å². The molecule has 0 N–H and O–H groups in total. The first kappa shape index (κ1) is 41.8. The minimum Gasteiger partial charge on any atom is -0.457 e. The molecule has 0 amide bonds. The van der Waals surface area contributed by atoms with Crippen LogP contribution in [0.5, 0.6) is 11.5 Å². The molecule has 1 aromatic heterocycles. The Kier molecular flexibility index (Phi) is 10.4. The zero-order chi connectivity index (χ0) is 45.0. The van der Waals surface area contributed by atoms with Gasteiger partial charge in [0, 0.05) is 46.9 Å². The summed E-state index contributed by atoms with van der Waals surface area (Å²) < 4.78 is 6.99. The van der Waals surface area contributed by atoms with Gasteiger partial charge in [-0.3, -0.25) is 4.98 Å². The van der Waals surface area contributed by atoms with E-state index >= 15 is 0 Å². The van der Waals surface area contributed by atoms with Gasteiger partial charge in [0.05, 0.1) is 17.8 Å². The number of ether oxygens (including phenoxy) is 1. The summed E-state index contributed by atoms with van der Waals surface area (Å²) in [5.74, 6) is 1.58. The second kappa shape index (κ2) is 16.1. The fourth-order valence-electron chi connectivity index (χ4n) is 10.0. The van der Waals surface area contributed by atoms with Crippen molar-refractivity contribution in [3.63, 3.8) is 0 Å². The average molecular weight is 848 g/mol. The normalized spacial score (nSPS) is 14.3. The first-order valence-electron chi connectivity index (χ1n) is 22.9. The summed E-state index contributed by atoms with van der Waals surface area (Å²) in [5, 5.41) is 0. The lowest BCUT2D eigenvalue weighted by Gasteiger charge is -2.33.